The average Bonchev–Trinajstić information content (AvgIpc) is 2.69. The third kappa shape index (κ3) is 4.56. The van der Waals surface area contributed by atoms with Crippen LogP contribution in [0.5, 0.6) is 11.5 Å². The van der Waals surface area contributed by atoms with E-state index in [1.54, 1.807) is 12.3 Å². The first-order chi connectivity index (χ1) is 13.2. The fourth-order valence-corrected chi connectivity index (χ4v) is 2.96. The molecule has 5 heteroatoms. The Balaban J connectivity index is 1.65. The SMILES string of the molecule is CCOc1ccc(CCNC(=O)c2ccnc3ccccc23)cc1OCC. The van der Waals surface area contributed by atoms with Gasteiger partial charge in [-0.15, -0.1) is 0 Å². The fourth-order valence-electron chi connectivity index (χ4n) is 2.96. The molecule has 1 heterocycles. The van der Waals surface area contributed by atoms with Crippen molar-refractivity contribution in [1.82, 2.24) is 10.3 Å². The van der Waals surface area contributed by atoms with Crippen molar-refractivity contribution < 1.29 is 14.3 Å². The van der Waals surface area contributed by atoms with Gasteiger partial charge in [-0.25, -0.2) is 0 Å². The number of ether oxygens (including phenoxy) is 2. The molecule has 2 aromatic carbocycles. The Labute approximate surface area is 159 Å². The first-order valence-electron chi connectivity index (χ1n) is 9.23. The number of aromatic nitrogens is 1. The zero-order valence-corrected chi connectivity index (χ0v) is 15.7. The van der Waals surface area contributed by atoms with E-state index in [0.29, 0.717) is 31.7 Å². The standard InChI is InChI=1S/C22H24N2O3/c1-3-26-20-10-9-16(15-21(20)27-4-2)11-13-24-22(25)18-12-14-23-19-8-6-5-7-17(18)19/h5-10,12,14-15H,3-4,11,13H2,1-2H3,(H,24,25). The van der Waals surface area contributed by atoms with Gasteiger partial charge in [0.05, 0.1) is 24.3 Å². The minimum atomic E-state index is -0.0930. The summed E-state index contributed by atoms with van der Waals surface area (Å²) in [6.07, 6.45) is 2.37. The molecule has 0 unspecified atom stereocenters. The maximum absolute atomic E-state index is 12.6. The van der Waals surface area contributed by atoms with Crippen molar-refractivity contribution in [3.63, 3.8) is 0 Å². The highest BCUT2D eigenvalue weighted by Crippen LogP contribution is 2.28. The van der Waals surface area contributed by atoms with Crippen LogP contribution in [-0.2, 0) is 6.42 Å². The number of rotatable bonds is 8. The van der Waals surface area contributed by atoms with E-state index in [1.165, 1.54) is 0 Å². The van der Waals surface area contributed by atoms with Crippen molar-refractivity contribution in [1.29, 1.82) is 0 Å². The van der Waals surface area contributed by atoms with Gasteiger partial charge in [0.2, 0.25) is 0 Å². The number of benzene rings is 2. The molecular formula is C22H24N2O3. The zero-order chi connectivity index (χ0) is 19.1. The molecule has 0 bridgehead atoms. The van der Waals surface area contributed by atoms with Crippen molar-refractivity contribution in [2.45, 2.75) is 20.3 Å². The number of carbonyl (C=O) groups excluding carboxylic acids is 1. The smallest absolute Gasteiger partial charge is 0.252 e. The van der Waals surface area contributed by atoms with Gasteiger partial charge >= 0.3 is 0 Å². The van der Waals surface area contributed by atoms with Crippen LogP contribution in [-0.4, -0.2) is 30.6 Å². The lowest BCUT2D eigenvalue weighted by atomic mass is 10.1. The molecule has 3 rings (SSSR count). The van der Waals surface area contributed by atoms with E-state index in [0.717, 1.165) is 28.0 Å². The summed E-state index contributed by atoms with van der Waals surface area (Å²) in [6, 6.07) is 15.3. The van der Waals surface area contributed by atoms with Gasteiger partial charge < -0.3 is 14.8 Å². The number of amides is 1. The summed E-state index contributed by atoms with van der Waals surface area (Å²) in [4.78, 5) is 16.9. The van der Waals surface area contributed by atoms with E-state index in [2.05, 4.69) is 10.3 Å². The van der Waals surface area contributed by atoms with Gasteiger partial charge in [-0.2, -0.15) is 0 Å². The maximum Gasteiger partial charge on any atom is 0.252 e. The molecule has 0 aliphatic heterocycles. The zero-order valence-electron chi connectivity index (χ0n) is 15.7. The second kappa shape index (κ2) is 9.03. The Morgan fingerprint density at radius 1 is 1.00 bits per heavy atom. The lowest BCUT2D eigenvalue weighted by Crippen LogP contribution is -2.26. The first kappa shape index (κ1) is 18.7. The van der Waals surface area contributed by atoms with Gasteiger partial charge in [0.1, 0.15) is 0 Å². The van der Waals surface area contributed by atoms with Crippen LogP contribution in [0.3, 0.4) is 0 Å². The van der Waals surface area contributed by atoms with Crippen LogP contribution in [0.4, 0.5) is 0 Å². The monoisotopic (exact) mass is 364 g/mol. The minimum absolute atomic E-state index is 0.0930. The van der Waals surface area contributed by atoms with Crippen molar-refractivity contribution in [2.24, 2.45) is 0 Å². The molecular weight excluding hydrogens is 340 g/mol. The molecule has 1 amide bonds. The van der Waals surface area contributed by atoms with Crippen LogP contribution in [0, 0.1) is 0 Å². The highest BCUT2D eigenvalue weighted by atomic mass is 16.5. The number of nitrogens with one attached hydrogen (secondary N) is 1. The predicted molar refractivity (Wildman–Crippen MR) is 107 cm³/mol. The first-order valence-corrected chi connectivity index (χ1v) is 9.23. The molecule has 0 saturated heterocycles. The third-order valence-corrected chi connectivity index (χ3v) is 4.20. The molecule has 1 aromatic heterocycles. The van der Waals surface area contributed by atoms with Gasteiger partial charge in [-0.05, 0) is 50.1 Å². The number of para-hydroxylation sites is 1. The van der Waals surface area contributed by atoms with E-state index in [9.17, 15) is 4.79 Å². The molecule has 0 atom stereocenters. The van der Waals surface area contributed by atoms with Crippen molar-refractivity contribution in [2.75, 3.05) is 19.8 Å². The molecule has 140 valence electrons. The number of fused-ring (bicyclic) bond motifs is 1. The van der Waals surface area contributed by atoms with Crippen LogP contribution in [0.15, 0.2) is 54.7 Å². The van der Waals surface area contributed by atoms with E-state index in [-0.39, 0.29) is 5.91 Å². The Morgan fingerprint density at radius 2 is 1.78 bits per heavy atom. The summed E-state index contributed by atoms with van der Waals surface area (Å²) < 4.78 is 11.2. The van der Waals surface area contributed by atoms with Crippen molar-refractivity contribution in [3.05, 3.63) is 65.9 Å². The summed E-state index contributed by atoms with van der Waals surface area (Å²) in [5.74, 6) is 1.39. The molecule has 5 nitrogen and oxygen atoms in total. The van der Waals surface area contributed by atoms with Crippen LogP contribution >= 0.6 is 0 Å². The van der Waals surface area contributed by atoms with Gasteiger partial charge in [-0.3, -0.25) is 9.78 Å². The summed E-state index contributed by atoms with van der Waals surface area (Å²) in [5.41, 5.74) is 2.54. The molecule has 0 saturated carbocycles. The summed E-state index contributed by atoms with van der Waals surface area (Å²) in [7, 11) is 0. The summed E-state index contributed by atoms with van der Waals surface area (Å²) >= 11 is 0. The molecule has 0 spiro atoms. The van der Waals surface area contributed by atoms with Crippen LogP contribution in [0.2, 0.25) is 0 Å². The Kier molecular flexibility index (Phi) is 6.26. The Hall–Kier alpha value is -3.08. The number of pyridine rings is 1. The molecule has 0 fully saturated rings. The lowest BCUT2D eigenvalue weighted by molar-refractivity contribution is 0.0955. The van der Waals surface area contributed by atoms with Gasteiger partial charge in [0.25, 0.3) is 5.91 Å². The van der Waals surface area contributed by atoms with Gasteiger partial charge in [0.15, 0.2) is 11.5 Å². The molecule has 0 radical (unpaired) electrons. The highest BCUT2D eigenvalue weighted by molar-refractivity contribution is 6.05. The topological polar surface area (TPSA) is 60.5 Å². The fraction of sp³-hybridized carbons (Fsp3) is 0.273. The molecule has 27 heavy (non-hydrogen) atoms. The number of nitrogens with zero attached hydrogens (tertiary/aromatic N) is 1. The van der Waals surface area contributed by atoms with E-state index >= 15 is 0 Å². The molecule has 1 N–H and O–H groups in total. The lowest BCUT2D eigenvalue weighted by Gasteiger charge is -2.13. The van der Waals surface area contributed by atoms with E-state index < -0.39 is 0 Å². The minimum Gasteiger partial charge on any atom is -0.490 e. The van der Waals surface area contributed by atoms with Crippen molar-refractivity contribution >= 4 is 16.8 Å². The highest BCUT2D eigenvalue weighted by Gasteiger charge is 2.10. The summed E-state index contributed by atoms with van der Waals surface area (Å²) in [6.45, 7) is 5.60. The van der Waals surface area contributed by atoms with Gasteiger partial charge in [-0.1, -0.05) is 24.3 Å². The molecule has 0 aliphatic rings. The Bertz CT molecular complexity index is 919. The second-order valence-corrected chi connectivity index (χ2v) is 6.03. The largest absolute Gasteiger partial charge is 0.490 e. The average molecular weight is 364 g/mol. The third-order valence-electron chi connectivity index (χ3n) is 4.20. The molecule has 3 aromatic rings. The quantitative estimate of drug-likeness (QED) is 0.656. The van der Waals surface area contributed by atoms with E-state index in [4.69, 9.17) is 9.47 Å². The maximum atomic E-state index is 12.6. The van der Waals surface area contributed by atoms with E-state index in [1.807, 2.05) is 56.3 Å². The predicted octanol–water partition coefficient (Wildman–Crippen LogP) is 4.00. The molecule has 0 aliphatic carbocycles. The second-order valence-electron chi connectivity index (χ2n) is 6.03. The van der Waals surface area contributed by atoms with Crippen molar-refractivity contribution in [3.8, 4) is 11.5 Å². The Morgan fingerprint density at radius 3 is 2.59 bits per heavy atom. The van der Waals surface area contributed by atoms with Crippen LogP contribution < -0.4 is 14.8 Å². The normalized spacial score (nSPS) is 10.6. The number of hydrogen-bond acceptors (Lipinski definition) is 4. The number of carbonyl (C=O) groups is 1. The summed E-state index contributed by atoms with van der Waals surface area (Å²) in [5, 5.41) is 3.85. The van der Waals surface area contributed by atoms with Gasteiger partial charge in [0, 0.05) is 18.1 Å². The van der Waals surface area contributed by atoms with Crippen LogP contribution in [0.25, 0.3) is 10.9 Å². The van der Waals surface area contributed by atoms with Crippen LogP contribution in [0.1, 0.15) is 29.8 Å². The number of hydrogen-bond donors (Lipinski definition) is 1.